The quantitative estimate of drug-likeness (QED) is 0.748. The van der Waals surface area contributed by atoms with Gasteiger partial charge >= 0.3 is 0 Å². The maximum atomic E-state index is 13.0. The summed E-state index contributed by atoms with van der Waals surface area (Å²) < 4.78 is 14.5. The third kappa shape index (κ3) is 1.46. The van der Waals surface area contributed by atoms with Crippen LogP contribution < -0.4 is 5.73 Å². The highest BCUT2D eigenvalue weighted by Crippen LogP contribution is 2.15. The van der Waals surface area contributed by atoms with Crippen molar-refractivity contribution in [3.05, 3.63) is 41.8 Å². The van der Waals surface area contributed by atoms with Crippen LogP contribution in [0.15, 0.2) is 30.5 Å². The lowest BCUT2D eigenvalue weighted by Gasteiger charge is -2.04. The van der Waals surface area contributed by atoms with Crippen LogP contribution in [0, 0.1) is 12.7 Å². The third-order valence-electron chi connectivity index (χ3n) is 2.03. The Morgan fingerprint density at radius 1 is 1.36 bits per heavy atom. The highest BCUT2D eigenvalue weighted by atomic mass is 19.1. The molecular formula is C10H10FN3. The van der Waals surface area contributed by atoms with Gasteiger partial charge in [-0.3, -0.25) is 0 Å². The minimum absolute atomic E-state index is 0.278. The number of aryl methyl sites for hydroxylation is 1. The molecule has 4 heteroatoms. The maximum absolute atomic E-state index is 13.0. The Hall–Kier alpha value is -1.84. The van der Waals surface area contributed by atoms with Gasteiger partial charge in [0.1, 0.15) is 11.6 Å². The zero-order valence-electron chi connectivity index (χ0n) is 7.74. The summed E-state index contributed by atoms with van der Waals surface area (Å²) in [6, 6.07) is 6.24. The van der Waals surface area contributed by atoms with E-state index in [1.807, 2.05) is 6.92 Å². The van der Waals surface area contributed by atoms with Crippen molar-refractivity contribution in [3.8, 4) is 5.69 Å². The molecule has 14 heavy (non-hydrogen) atoms. The highest BCUT2D eigenvalue weighted by Gasteiger charge is 2.03. The van der Waals surface area contributed by atoms with E-state index in [-0.39, 0.29) is 5.82 Å². The number of hydrogen-bond acceptors (Lipinski definition) is 2. The summed E-state index contributed by atoms with van der Waals surface area (Å²) in [5.41, 5.74) is 7.14. The van der Waals surface area contributed by atoms with Gasteiger partial charge in [0.2, 0.25) is 0 Å². The lowest BCUT2D eigenvalue weighted by molar-refractivity contribution is 0.625. The molecule has 0 aliphatic carbocycles. The molecular weight excluding hydrogens is 181 g/mol. The van der Waals surface area contributed by atoms with Gasteiger partial charge in [-0.25, -0.2) is 9.07 Å². The van der Waals surface area contributed by atoms with E-state index >= 15 is 0 Å². The average molecular weight is 191 g/mol. The fourth-order valence-corrected chi connectivity index (χ4v) is 1.30. The van der Waals surface area contributed by atoms with Crippen LogP contribution >= 0.6 is 0 Å². The molecule has 0 radical (unpaired) electrons. The number of hydrogen-bond donors (Lipinski definition) is 1. The molecule has 1 heterocycles. The van der Waals surface area contributed by atoms with Gasteiger partial charge in [0, 0.05) is 12.3 Å². The van der Waals surface area contributed by atoms with Crippen molar-refractivity contribution in [3.63, 3.8) is 0 Å². The molecule has 0 saturated heterocycles. The second-order valence-corrected chi connectivity index (χ2v) is 3.12. The Bertz CT molecular complexity index is 462. The number of aromatic nitrogens is 2. The summed E-state index contributed by atoms with van der Waals surface area (Å²) in [4.78, 5) is 0. The molecule has 0 aliphatic heterocycles. The summed E-state index contributed by atoms with van der Waals surface area (Å²) in [6.07, 6.45) is 1.71. The number of halogens is 1. The molecule has 0 spiro atoms. The topological polar surface area (TPSA) is 43.8 Å². The van der Waals surface area contributed by atoms with Crippen molar-refractivity contribution < 1.29 is 4.39 Å². The van der Waals surface area contributed by atoms with Gasteiger partial charge in [0.25, 0.3) is 0 Å². The molecule has 1 aromatic heterocycles. The van der Waals surface area contributed by atoms with Crippen molar-refractivity contribution in [2.75, 3.05) is 5.73 Å². The van der Waals surface area contributed by atoms with Gasteiger partial charge in [0.15, 0.2) is 0 Å². The van der Waals surface area contributed by atoms with Crippen LogP contribution in [0.4, 0.5) is 10.2 Å². The van der Waals surface area contributed by atoms with Gasteiger partial charge in [-0.15, -0.1) is 0 Å². The Morgan fingerprint density at radius 3 is 2.79 bits per heavy atom. The fraction of sp³-hybridized carbons (Fsp3) is 0.100. The van der Waals surface area contributed by atoms with Crippen molar-refractivity contribution in [1.29, 1.82) is 0 Å². The first-order valence-corrected chi connectivity index (χ1v) is 4.24. The summed E-state index contributed by atoms with van der Waals surface area (Å²) in [7, 11) is 0. The predicted octanol–water partition coefficient (Wildman–Crippen LogP) is 1.90. The van der Waals surface area contributed by atoms with Crippen molar-refractivity contribution >= 4 is 5.82 Å². The SMILES string of the molecule is Cc1ccc(F)cc1-n1ccc(N)n1. The van der Waals surface area contributed by atoms with Crippen molar-refractivity contribution in [2.24, 2.45) is 0 Å². The predicted molar refractivity (Wildman–Crippen MR) is 52.7 cm³/mol. The standard InChI is InChI=1S/C10H10FN3/c1-7-2-3-8(11)6-9(7)14-5-4-10(12)13-14/h2-6H,1H3,(H2,12,13). The molecule has 2 aromatic rings. The van der Waals surface area contributed by atoms with Gasteiger partial charge in [0.05, 0.1) is 5.69 Å². The van der Waals surface area contributed by atoms with E-state index < -0.39 is 0 Å². The van der Waals surface area contributed by atoms with Crippen LogP contribution in [0.3, 0.4) is 0 Å². The normalized spacial score (nSPS) is 10.4. The van der Waals surface area contributed by atoms with Crippen LogP contribution in [0.5, 0.6) is 0 Å². The summed E-state index contributed by atoms with van der Waals surface area (Å²) in [6.45, 7) is 1.90. The summed E-state index contributed by atoms with van der Waals surface area (Å²) in [5, 5.41) is 4.01. The van der Waals surface area contributed by atoms with Gasteiger partial charge in [-0.05, 0) is 24.6 Å². The number of benzene rings is 1. The molecule has 3 nitrogen and oxygen atoms in total. The van der Waals surface area contributed by atoms with E-state index in [1.165, 1.54) is 12.1 Å². The lowest BCUT2D eigenvalue weighted by atomic mass is 10.2. The second-order valence-electron chi connectivity index (χ2n) is 3.12. The van der Waals surface area contributed by atoms with Crippen molar-refractivity contribution in [1.82, 2.24) is 9.78 Å². The van der Waals surface area contributed by atoms with Gasteiger partial charge in [-0.2, -0.15) is 5.10 Å². The van der Waals surface area contributed by atoms with Crippen LogP contribution in [0.25, 0.3) is 5.69 Å². The number of nitrogen functional groups attached to an aromatic ring is 1. The molecule has 0 aliphatic rings. The first-order valence-electron chi connectivity index (χ1n) is 4.24. The molecule has 0 amide bonds. The van der Waals surface area contributed by atoms with Crippen LogP contribution in [0.2, 0.25) is 0 Å². The third-order valence-corrected chi connectivity index (χ3v) is 2.03. The summed E-state index contributed by atoms with van der Waals surface area (Å²) in [5.74, 6) is 0.147. The Labute approximate surface area is 81.0 Å². The van der Waals surface area contributed by atoms with E-state index in [0.29, 0.717) is 11.5 Å². The number of anilines is 1. The monoisotopic (exact) mass is 191 g/mol. The fourth-order valence-electron chi connectivity index (χ4n) is 1.30. The van der Waals surface area contributed by atoms with E-state index in [4.69, 9.17) is 5.73 Å². The van der Waals surface area contributed by atoms with Crippen LogP contribution in [0.1, 0.15) is 5.56 Å². The number of nitrogens with zero attached hydrogens (tertiary/aromatic N) is 2. The molecule has 0 fully saturated rings. The smallest absolute Gasteiger partial charge is 0.145 e. The number of nitrogens with two attached hydrogens (primary N) is 1. The van der Waals surface area contributed by atoms with E-state index in [1.54, 1.807) is 23.0 Å². The number of rotatable bonds is 1. The maximum Gasteiger partial charge on any atom is 0.145 e. The Balaban J connectivity index is 2.55. The minimum atomic E-state index is -0.278. The van der Waals surface area contributed by atoms with Crippen LogP contribution in [-0.2, 0) is 0 Å². The summed E-state index contributed by atoms with van der Waals surface area (Å²) >= 11 is 0. The largest absolute Gasteiger partial charge is 0.382 e. The molecule has 0 bridgehead atoms. The van der Waals surface area contributed by atoms with Crippen LogP contribution in [-0.4, -0.2) is 9.78 Å². The molecule has 0 unspecified atom stereocenters. The minimum Gasteiger partial charge on any atom is -0.382 e. The second kappa shape index (κ2) is 3.14. The highest BCUT2D eigenvalue weighted by molar-refractivity contribution is 5.41. The first kappa shape index (κ1) is 8.74. The molecule has 2 N–H and O–H groups in total. The molecule has 0 atom stereocenters. The Kier molecular flexibility index (Phi) is 1.96. The molecule has 72 valence electrons. The average Bonchev–Trinajstić information content (AvgIpc) is 2.56. The zero-order chi connectivity index (χ0) is 10.1. The van der Waals surface area contributed by atoms with E-state index in [2.05, 4.69) is 5.10 Å². The zero-order valence-corrected chi connectivity index (χ0v) is 7.74. The van der Waals surface area contributed by atoms with E-state index in [9.17, 15) is 4.39 Å². The van der Waals surface area contributed by atoms with Gasteiger partial charge in [-0.1, -0.05) is 6.07 Å². The first-order chi connectivity index (χ1) is 6.66. The van der Waals surface area contributed by atoms with Crippen molar-refractivity contribution in [2.45, 2.75) is 6.92 Å². The van der Waals surface area contributed by atoms with Gasteiger partial charge < -0.3 is 5.73 Å². The van der Waals surface area contributed by atoms with E-state index in [0.717, 1.165) is 5.56 Å². The Morgan fingerprint density at radius 2 is 2.14 bits per heavy atom. The molecule has 1 aromatic carbocycles. The lowest BCUT2D eigenvalue weighted by Crippen LogP contribution is -1.99. The molecule has 0 saturated carbocycles. The molecule has 2 rings (SSSR count).